The molecule has 1 saturated carbocycles. The Morgan fingerprint density at radius 1 is 0.964 bits per heavy atom. The molecule has 5 amide bonds. The first kappa shape index (κ1) is 39.4. The van der Waals surface area contributed by atoms with Crippen molar-refractivity contribution in [3.63, 3.8) is 0 Å². The molecule has 1 aliphatic carbocycles. The van der Waals surface area contributed by atoms with Gasteiger partial charge in [-0.1, -0.05) is 55.3 Å². The van der Waals surface area contributed by atoms with Crippen molar-refractivity contribution in [3.8, 4) is 0 Å². The second-order valence-corrected chi connectivity index (χ2v) is 15.5. The minimum atomic E-state index is -1.68. The third-order valence-corrected chi connectivity index (χ3v) is 10.5. The molecule has 0 spiro atoms. The van der Waals surface area contributed by atoms with E-state index in [9.17, 15) is 28.4 Å². The maximum Gasteiger partial charge on any atom is 0.410 e. The number of alkyl carbamates (subject to hydrolysis) is 1. The number of nitrogens with zero attached hydrogens (tertiary/aromatic N) is 3. The molecular formula is C41H49FN4O9. The Hall–Kier alpha value is -5.27. The maximum atomic E-state index is 15.1. The van der Waals surface area contributed by atoms with Crippen molar-refractivity contribution in [2.75, 3.05) is 13.2 Å². The molecule has 14 heteroatoms. The largest absolute Gasteiger partial charge is 0.464 e. The molecule has 0 radical (unpaired) electrons. The quantitative estimate of drug-likeness (QED) is 0.176. The zero-order valence-corrected chi connectivity index (χ0v) is 31.8. The second-order valence-electron chi connectivity index (χ2n) is 15.5. The predicted molar refractivity (Wildman–Crippen MR) is 197 cm³/mol. The third-order valence-electron chi connectivity index (χ3n) is 10.5. The molecule has 3 heterocycles. The van der Waals surface area contributed by atoms with Crippen molar-refractivity contribution in [2.24, 2.45) is 5.92 Å². The highest BCUT2D eigenvalue weighted by molar-refractivity contribution is 6.11. The van der Waals surface area contributed by atoms with Crippen LogP contribution < -0.4 is 5.32 Å². The molecule has 0 unspecified atom stereocenters. The number of carbonyl (C=O) groups is 6. The summed E-state index contributed by atoms with van der Waals surface area (Å²) in [7, 11) is 0. The van der Waals surface area contributed by atoms with E-state index in [0.29, 0.717) is 24.0 Å². The SMILES string of the molecule is CCOC(=O)[C@@]12C[C@@H]1/C=C\CCCCC[C@H](NC(=O)OC(C)(C)C)C(=O)N1C[C@H](OC(=O)N3Cc4cccc(F)c4C3)C[C@H]1C(=O)N2C(=O)c1ccccc1. The number of nitrogens with one attached hydrogen (secondary N) is 1. The van der Waals surface area contributed by atoms with Gasteiger partial charge >= 0.3 is 18.2 Å². The number of amides is 5. The van der Waals surface area contributed by atoms with E-state index in [-0.39, 0.29) is 51.1 Å². The summed E-state index contributed by atoms with van der Waals surface area (Å²) in [5, 5.41) is 2.70. The Morgan fingerprint density at radius 2 is 1.73 bits per heavy atom. The highest BCUT2D eigenvalue weighted by Gasteiger charge is 2.68. The number of fused-ring (bicyclic) bond motifs is 3. The number of esters is 1. The van der Waals surface area contributed by atoms with Crippen LogP contribution in [0.5, 0.6) is 0 Å². The molecule has 2 fully saturated rings. The number of carbonyl (C=O) groups excluding carboxylic acids is 6. The summed E-state index contributed by atoms with van der Waals surface area (Å²) >= 11 is 0. The zero-order valence-electron chi connectivity index (χ0n) is 31.8. The van der Waals surface area contributed by atoms with Crippen LogP contribution in [0.2, 0.25) is 0 Å². The van der Waals surface area contributed by atoms with Crippen LogP contribution in [0, 0.1) is 11.7 Å². The van der Waals surface area contributed by atoms with Crippen molar-refractivity contribution in [1.29, 1.82) is 0 Å². The lowest BCUT2D eigenvalue weighted by Crippen LogP contribution is -2.59. The van der Waals surface area contributed by atoms with Gasteiger partial charge in [0.15, 0.2) is 5.54 Å². The van der Waals surface area contributed by atoms with E-state index >= 15 is 4.79 Å². The van der Waals surface area contributed by atoms with Crippen LogP contribution in [0.3, 0.4) is 0 Å². The smallest absolute Gasteiger partial charge is 0.410 e. The maximum absolute atomic E-state index is 15.1. The number of allylic oxidation sites excluding steroid dienone is 1. The van der Waals surface area contributed by atoms with Gasteiger partial charge in [-0.15, -0.1) is 0 Å². The third kappa shape index (κ3) is 8.52. The number of rotatable bonds is 5. The molecule has 3 aliphatic heterocycles. The molecule has 0 bridgehead atoms. The summed E-state index contributed by atoms with van der Waals surface area (Å²) in [5.74, 6) is -3.93. The molecule has 6 rings (SSSR count). The normalized spacial score (nSPS) is 26.1. The predicted octanol–water partition coefficient (Wildman–Crippen LogP) is 5.65. The molecule has 4 aliphatic rings. The second kappa shape index (κ2) is 16.2. The van der Waals surface area contributed by atoms with Crippen LogP contribution in [0.4, 0.5) is 14.0 Å². The van der Waals surface area contributed by atoms with Crippen LogP contribution >= 0.6 is 0 Å². The molecule has 55 heavy (non-hydrogen) atoms. The first-order valence-corrected chi connectivity index (χ1v) is 19.0. The fraction of sp³-hybridized carbons (Fsp3) is 0.512. The Labute approximate surface area is 320 Å². The molecule has 1 saturated heterocycles. The first-order chi connectivity index (χ1) is 26.2. The Bertz CT molecular complexity index is 1850. The van der Waals surface area contributed by atoms with Crippen molar-refractivity contribution >= 4 is 35.9 Å². The van der Waals surface area contributed by atoms with Gasteiger partial charge in [0, 0.05) is 30.0 Å². The topological polar surface area (TPSA) is 152 Å². The van der Waals surface area contributed by atoms with Crippen LogP contribution in [0.25, 0.3) is 0 Å². The summed E-state index contributed by atoms with van der Waals surface area (Å²) in [5.41, 5.74) is -1.36. The van der Waals surface area contributed by atoms with Crippen LogP contribution in [0.1, 0.15) is 94.1 Å². The van der Waals surface area contributed by atoms with Crippen LogP contribution in [-0.4, -0.2) is 93.1 Å². The van der Waals surface area contributed by atoms with Gasteiger partial charge in [0.1, 0.15) is 29.6 Å². The lowest BCUT2D eigenvalue weighted by molar-refractivity contribution is -0.157. The molecule has 13 nitrogen and oxygen atoms in total. The number of benzene rings is 2. The van der Waals surface area contributed by atoms with E-state index in [0.717, 1.165) is 17.7 Å². The fourth-order valence-electron chi connectivity index (χ4n) is 7.72. The summed E-state index contributed by atoms with van der Waals surface area (Å²) in [6.07, 6.45) is 4.01. The van der Waals surface area contributed by atoms with E-state index in [4.69, 9.17) is 14.2 Å². The van der Waals surface area contributed by atoms with Gasteiger partial charge in [-0.05, 0) is 77.1 Å². The number of hydrogen-bond acceptors (Lipinski definition) is 9. The van der Waals surface area contributed by atoms with Gasteiger partial charge in [-0.25, -0.2) is 18.8 Å². The number of ether oxygens (including phenoxy) is 3. The van der Waals surface area contributed by atoms with Gasteiger partial charge in [0.25, 0.3) is 11.8 Å². The molecular weight excluding hydrogens is 711 g/mol. The molecule has 5 atom stereocenters. The Morgan fingerprint density at radius 3 is 2.44 bits per heavy atom. The summed E-state index contributed by atoms with van der Waals surface area (Å²) in [4.78, 5) is 88.3. The summed E-state index contributed by atoms with van der Waals surface area (Å²) in [6, 6.07) is 10.2. The monoisotopic (exact) mass is 760 g/mol. The van der Waals surface area contributed by atoms with Crippen molar-refractivity contribution in [2.45, 2.75) is 115 Å². The highest BCUT2D eigenvalue weighted by Crippen LogP contribution is 2.52. The van der Waals surface area contributed by atoms with E-state index in [2.05, 4.69) is 5.32 Å². The first-order valence-electron chi connectivity index (χ1n) is 19.0. The van der Waals surface area contributed by atoms with Gasteiger partial charge < -0.3 is 24.4 Å². The van der Waals surface area contributed by atoms with E-state index < -0.39 is 76.9 Å². The average Bonchev–Trinajstić information content (AvgIpc) is 3.44. The van der Waals surface area contributed by atoms with Crippen molar-refractivity contribution in [1.82, 2.24) is 20.0 Å². The molecule has 1 N–H and O–H groups in total. The van der Waals surface area contributed by atoms with E-state index in [1.165, 1.54) is 28.0 Å². The standard InChI is InChI=1S/C41H49FN4O9/c1-5-53-37(50)41-22-28(41)18-12-7-6-8-13-20-32(43-38(51)55-40(2,3)4)35(48)45-24-29(54-39(52)44-23-27-17-14-19-31(42)30(27)25-44)21-33(45)36(49)46(41)34(47)26-15-10-9-11-16-26/h9-12,14-19,28-29,32-33H,5-8,13,20-25H2,1-4H3,(H,43,51)/b18-12-/t28-,29+,32-,33-,41+/m0/s1. The highest BCUT2D eigenvalue weighted by atomic mass is 19.1. The molecule has 294 valence electrons. The van der Waals surface area contributed by atoms with E-state index in [1.807, 2.05) is 12.2 Å². The summed E-state index contributed by atoms with van der Waals surface area (Å²) in [6.45, 7) is 6.59. The van der Waals surface area contributed by atoms with Crippen molar-refractivity contribution < 1.29 is 47.4 Å². The molecule has 0 aromatic heterocycles. The van der Waals surface area contributed by atoms with E-state index in [1.54, 1.807) is 58.0 Å². The fourth-order valence-corrected chi connectivity index (χ4v) is 7.72. The molecule has 2 aromatic rings. The lowest BCUT2D eigenvalue weighted by atomic mass is 10.0. The Balaban J connectivity index is 1.37. The van der Waals surface area contributed by atoms with Crippen LogP contribution in [0.15, 0.2) is 60.7 Å². The minimum Gasteiger partial charge on any atom is -0.464 e. The van der Waals surface area contributed by atoms with Gasteiger partial charge in [0.05, 0.1) is 19.7 Å². The average molecular weight is 761 g/mol. The zero-order chi connectivity index (χ0) is 39.5. The number of hydrogen-bond donors (Lipinski definition) is 1. The molecule has 2 aromatic carbocycles. The van der Waals surface area contributed by atoms with Crippen LogP contribution in [-0.2, 0) is 41.7 Å². The summed E-state index contributed by atoms with van der Waals surface area (Å²) < 4.78 is 31.5. The minimum absolute atomic E-state index is 0.00687. The Kier molecular flexibility index (Phi) is 11.6. The van der Waals surface area contributed by atoms with Gasteiger partial charge in [-0.3, -0.25) is 24.2 Å². The van der Waals surface area contributed by atoms with Gasteiger partial charge in [0.2, 0.25) is 5.91 Å². The number of halogens is 1. The van der Waals surface area contributed by atoms with Gasteiger partial charge in [-0.2, -0.15) is 0 Å². The lowest BCUT2D eigenvalue weighted by Gasteiger charge is -2.35. The number of imide groups is 1. The van der Waals surface area contributed by atoms with Crippen molar-refractivity contribution in [3.05, 3.63) is 83.2 Å².